The van der Waals surface area contributed by atoms with Crippen LogP contribution in [0.25, 0.3) is 0 Å². The fourth-order valence-electron chi connectivity index (χ4n) is 0.695. The molecule has 0 saturated carbocycles. The predicted octanol–water partition coefficient (Wildman–Crippen LogP) is 3.70. The van der Waals surface area contributed by atoms with Gasteiger partial charge in [0.2, 0.25) is 0 Å². The number of allylic oxidation sites excluding steroid dienone is 3. The minimum Gasteiger partial charge on any atom is -0.0999 e. The minimum atomic E-state index is 1.12. The van der Waals surface area contributed by atoms with E-state index in [9.17, 15) is 0 Å². The quantitative estimate of drug-likeness (QED) is 0.520. The summed E-state index contributed by atoms with van der Waals surface area (Å²) in [6, 6.07) is 0. The topological polar surface area (TPSA) is 0 Å². The van der Waals surface area contributed by atoms with Crippen LogP contribution in [0.3, 0.4) is 0 Å². The molecule has 0 aromatic rings. The van der Waals surface area contributed by atoms with Gasteiger partial charge >= 0.3 is 0 Å². The molecule has 0 radical (unpaired) electrons. The van der Waals surface area contributed by atoms with Crippen LogP contribution < -0.4 is 0 Å². The standard InChI is InChI=1S/C10H18/c1-5-9(3)7-8-10(4)6-2/h6H,3,5,7-8H2,1-2,4H3/b10-6-. The van der Waals surface area contributed by atoms with E-state index in [1.54, 1.807) is 0 Å². The Morgan fingerprint density at radius 2 is 2.00 bits per heavy atom. The first-order valence-electron chi connectivity index (χ1n) is 3.99. The molecule has 0 unspecified atom stereocenters. The van der Waals surface area contributed by atoms with Gasteiger partial charge in [0.15, 0.2) is 0 Å². The van der Waals surface area contributed by atoms with Gasteiger partial charge in [0, 0.05) is 0 Å². The third kappa shape index (κ3) is 4.37. The highest BCUT2D eigenvalue weighted by atomic mass is 14.0. The van der Waals surface area contributed by atoms with E-state index in [1.807, 2.05) is 0 Å². The molecule has 0 aliphatic rings. The second-order valence-corrected chi connectivity index (χ2v) is 2.74. The van der Waals surface area contributed by atoms with E-state index in [0.717, 1.165) is 12.8 Å². The van der Waals surface area contributed by atoms with Gasteiger partial charge in [-0.3, -0.25) is 0 Å². The first-order valence-corrected chi connectivity index (χ1v) is 3.99. The van der Waals surface area contributed by atoms with Gasteiger partial charge in [-0.1, -0.05) is 30.7 Å². The fraction of sp³-hybridized carbons (Fsp3) is 0.600. The van der Waals surface area contributed by atoms with E-state index in [4.69, 9.17) is 0 Å². The van der Waals surface area contributed by atoms with Gasteiger partial charge < -0.3 is 0 Å². The summed E-state index contributed by atoms with van der Waals surface area (Å²) < 4.78 is 0. The van der Waals surface area contributed by atoms with Crippen molar-refractivity contribution in [2.45, 2.75) is 40.0 Å². The molecular weight excluding hydrogens is 120 g/mol. The second-order valence-electron chi connectivity index (χ2n) is 2.74. The van der Waals surface area contributed by atoms with Gasteiger partial charge in [-0.25, -0.2) is 0 Å². The van der Waals surface area contributed by atoms with Gasteiger partial charge in [0.1, 0.15) is 0 Å². The average molecular weight is 138 g/mol. The molecule has 58 valence electrons. The van der Waals surface area contributed by atoms with Crippen LogP contribution in [0.15, 0.2) is 23.8 Å². The van der Waals surface area contributed by atoms with Gasteiger partial charge in [-0.15, -0.1) is 0 Å². The van der Waals surface area contributed by atoms with Crippen LogP contribution in [0.1, 0.15) is 40.0 Å². The maximum absolute atomic E-state index is 3.95. The van der Waals surface area contributed by atoms with Crippen LogP contribution in [-0.4, -0.2) is 0 Å². The third-order valence-electron chi connectivity index (χ3n) is 1.87. The lowest BCUT2D eigenvalue weighted by molar-refractivity contribution is 0.877. The Labute approximate surface area is 64.6 Å². The minimum absolute atomic E-state index is 1.12. The summed E-state index contributed by atoms with van der Waals surface area (Å²) in [5, 5.41) is 0. The SMILES string of the molecule is C=C(CC)CC/C(C)=C\C. The van der Waals surface area contributed by atoms with Crippen molar-refractivity contribution in [2.75, 3.05) is 0 Å². The molecule has 0 atom stereocenters. The molecule has 0 aromatic carbocycles. The summed E-state index contributed by atoms with van der Waals surface area (Å²) in [7, 11) is 0. The zero-order chi connectivity index (χ0) is 7.98. The summed E-state index contributed by atoms with van der Waals surface area (Å²) in [4.78, 5) is 0. The zero-order valence-electron chi connectivity index (χ0n) is 7.41. The van der Waals surface area contributed by atoms with Crippen LogP contribution in [-0.2, 0) is 0 Å². The summed E-state index contributed by atoms with van der Waals surface area (Å²) in [6.07, 6.45) is 5.63. The van der Waals surface area contributed by atoms with E-state index in [2.05, 4.69) is 33.4 Å². The molecule has 0 amide bonds. The predicted molar refractivity (Wildman–Crippen MR) is 48.1 cm³/mol. The van der Waals surface area contributed by atoms with Crippen LogP contribution in [0.4, 0.5) is 0 Å². The normalized spacial score (nSPS) is 11.7. The molecule has 10 heavy (non-hydrogen) atoms. The molecule has 0 bridgehead atoms. The molecule has 0 N–H and O–H groups in total. The van der Waals surface area contributed by atoms with Gasteiger partial charge in [-0.05, 0) is 33.1 Å². The first kappa shape index (κ1) is 9.48. The molecule has 0 spiro atoms. The average Bonchev–Trinajstić information content (AvgIpc) is 1.99. The van der Waals surface area contributed by atoms with Crippen LogP contribution in [0.5, 0.6) is 0 Å². The number of hydrogen-bond donors (Lipinski definition) is 0. The van der Waals surface area contributed by atoms with E-state index in [0.29, 0.717) is 0 Å². The van der Waals surface area contributed by atoms with Crippen molar-refractivity contribution in [3.05, 3.63) is 23.8 Å². The van der Waals surface area contributed by atoms with E-state index in [1.165, 1.54) is 17.6 Å². The third-order valence-corrected chi connectivity index (χ3v) is 1.87. The Balaban J connectivity index is 3.45. The van der Waals surface area contributed by atoms with Gasteiger partial charge in [-0.2, -0.15) is 0 Å². The Hall–Kier alpha value is -0.520. The molecule has 0 aromatic heterocycles. The molecule has 0 rings (SSSR count). The molecule has 0 nitrogen and oxygen atoms in total. The highest BCUT2D eigenvalue weighted by Gasteiger charge is 1.91. The summed E-state index contributed by atoms with van der Waals surface area (Å²) in [5.74, 6) is 0. The van der Waals surface area contributed by atoms with Crippen molar-refractivity contribution in [1.82, 2.24) is 0 Å². The number of rotatable bonds is 4. The molecule has 0 fully saturated rings. The first-order chi connectivity index (χ1) is 4.70. The Morgan fingerprint density at radius 3 is 2.40 bits per heavy atom. The lowest BCUT2D eigenvalue weighted by Crippen LogP contribution is -1.80. The molecule has 0 aliphatic carbocycles. The highest BCUT2D eigenvalue weighted by molar-refractivity contribution is 5.01. The van der Waals surface area contributed by atoms with E-state index >= 15 is 0 Å². The van der Waals surface area contributed by atoms with Crippen molar-refractivity contribution in [3.8, 4) is 0 Å². The van der Waals surface area contributed by atoms with Crippen LogP contribution in [0.2, 0.25) is 0 Å². The maximum atomic E-state index is 3.95. The van der Waals surface area contributed by atoms with Crippen molar-refractivity contribution >= 4 is 0 Å². The number of hydrogen-bond acceptors (Lipinski definition) is 0. The van der Waals surface area contributed by atoms with Gasteiger partial charge in [0.25, 0.3) is 0 Å². The van der Waals surface area contributed by atoms with Crippen LogP contribution >= 0.6 is 0 Å². The summed E-state index contributed by atoms with van der Waals surface area (Å²) in [6.45, 7) is 10.4. The van der Waals surface area contributed by atoms with Crippen molar-refractivity contribution in [3.63, 3.8) is 0 Å². The Kier molecular flexibility index (Phi) is 5.00. The smallest absolute Gasteiger partial charge is 0.0286 e. The largest absolute Gasteiger partial charge is 0.0999 e. The van der Waals surface area contributed by atoms with Crippen molar-refractivity contribution in [1.29, 1.82) is 0 Å². The second kappa shape index (κ2) is 5.28. The lowest BCUT2D eigenvalue weighted by Gasteiger charge is -2.01. The summed E-state index contributed by atoms with van der Waals surface area (Å²) in [5.41, 5.74) is 2.83. The molecule has 0 saturated heterocycles. The Bertz CT molecular complexity index is 129. The molecule has 0 heteroatoms. The highest BCUT2D eigenvalue weighted by Crippen LogP contribution is 2.11. The fourth-order valence-corrected chi connectivity index (χ4v) is 0.695. The monoisotopic (exact) mass is 138 g/mol. The zero-order valence-corrected chi connectivity index (χ0v) is 7.41. The maximum Gasteiger partial charge on any atom is -0.0286 e. The molecule has 0 aliphatic heterocycles. The summed E-state index contributed by atoms with van der Waals surface area (Å²) >= 11 is 0. The van der Waals surface area contributed by atoms with E-state index in [-0.39, 0.29) is 0 Å². The lowest BCUT2D eigenvalue weighted by atomic mass is 10.1. The van der Waals surface area contributed by atoms with Crippen molar-refractivity contribution < 1.29 is 0 Å². The van der Waals surface area contributed by atoms with Crippen molar-refractivity contribution in [2.24, 2.45) is 0 Å². The Morgan fingerprint density at radius 1 is 1.40 bits per heavy atom. The van der Waals surface area contributed by atoms with E-state index < -0.39 is 0 Å². The molecular formula is C10H18. The molecule has 0 heterocycles. The van der Waals surface area contributed by atoms with Gasteiger partial charge in [0.05, 0.1) is 0 Å². The van der Waals surface area contributed by atoms with Crippen LogP contribution in [0, 0.1) is 0 Å².